The minimum atomic E-state index is -0.473. The van der Waals surface area contributed by atoms with Crippen LogP contribution < -0.4 is 11.1 Å². The Labute approximate surface area is 130 Å². The fourth-order valence-electron chi connectivity index (χ4n) is 2.21. The Kier molecular flexibility index (Phi) is 3.98. The summed E-state index contributed by atoms with van der Waals surface area (Å²) in [5.74, 6) is -0.681. The molecule has 0 saturated heterocycles. The highest BCUT2D eigenvalue weighted by molar-refractivity contribution is 6.33. The number of benzene rings is 2. The third-order valence-corrected chi connectivity index (χ3v) is 3.63. The average molecular weight is 317 g/mol. The zero-order valence-electron chi connectivity index (χ0n) is 11.6. The number of hydrogen-bond acceptors (Lipinski definition) is 3. The molecule has 2 N–H and O–H groups in total. The van der Waals surface area contributed by atoms with E-state index < -0.39 is 5.76 Å². The van der Waals surface area contributed by atoms with Crippen LogP contribution in [0.25, 0.3) is 11.1 Å². The zero-order valence-corrected chi connectivity index (χ0v) is 12.3. The lowest BCUT2D eigenvalue weighted by Gasteiger charge is -2.06. The molecule has 0 fully saturated rings. The average Bonchev–Trinajstić information content (AvgIpc) is 2.87. The summed E-state index contributed by atoms with van der Waals surface area (Å²) in [7, 11) is 0. The van der Waals surface area contributed by atoms with Gasteiger partial charge in [-0.3, -0.25) is 9.78 Å². The van der Waals surface area contributed by atoms with Crippen LogP contribution >= 0.6 is 11.6 Å². The van der Waals surface area contributed by atoms with Crippen molar-refractivity contribution in [2.24, 2.45) is 0 Å². The zero-order chi connectivity index (χ0) is 15.5. The Morgan fingerprint density at radius 1 is 1.23 bits per heavy atom. The number of H-pyrrole nitrogens is 1. The van der Waals surface area contributed by atoms with E-state index in [0.717, 1.165) is 5.56 Å². The molecule has 0 aliphatic carbocycles. The van der Waals surface area contributed by atoms with Crippen molar-refractivity contribution < 1.29 is 9.21 Å². The van der Waals surface area contributed by atoms with Gasteiger partial charge in [-0.2, -0.15) is 0 Å². The second-order valence-corrected chi connectivity index (χ2v) is 5.24. The van der Waals surface area contributed by atoms with Crippen molar-refractivity contribution in [1.29, 1.82) is 0 Å². The van der Waals surface area contributed by atoms with Crippen molar-refractivity contribution >= 4 is 28.6 Å². The third-order valence-electron chi connectivity index (χ3n) is 3.30. The summed E-state index contributed by atoms with van der Waals surface area (Å²) in [6.45, 7) is 0.463. The monoisotopic (exact) mass is 316 g/mol. The number of aromatic amines is 1. The summed E-state index contributed by atoms with van der Waals surface area (Å²) in [6, 6.07) is 12.4. The molecule has 22 heavy (non-hydrogen) atoms. The second-order valence-electron chi connectivity index (χ2n) is 4.83. The molecule has 0 bridgehead atoms. The smallest absolute Gasteiger partial charge is 0.408 e. The topological polar surface area (TPSA) is 75.1 Å². The molecule has 1 amide bonds. The van der Waals surface area contributed by atoms with Gasteiger partial charge in [-0.1, -0.05) is 29.8 Å². The summed E-state index contributed by atoms with van der Waals surface area (Å²) >= 11 is 5.98. The molecule has 3 rings (SSSR count). The van der Waals surface area contributed by atoms with Gasteiger partial charge in [0.1, 0.15) is 0 Å². The lowest BCUT2D eigenvalue weighted by Crippen LogP contribution is -2.25. The Bertz CT molecular complexity index is 882. The highest BCUT2D eigenvalue weighted by Crippen LogP contribution is 2.15. The van der Waals surface area contributed by atoms with E-state index in [4.69, 9.17) is 16.0 Å². The molecule has 112 valence electrons. The Morgan fingerprint density at radius 2 is 2.05 bits per heavy atom. The first kappa shape index (κ1) is 14.4. The maximum atomic E-state index is 12.0. The lowest BCUT2D eigenvalue weighted by atomic mass is 10.1. The number of halogens is 1. The maximum Gasteiger partial charge on any atom is 0.417 e. The normalized spacial score (nSPS) is 10.8. The van der Waals surface area contributed by atoms with Crippen LogP contribution in [0.3, 0.4) is 0 Å². The quantitative estimate of drug-likeness (QED) is 0.777. The van der Waals surface area contributed by atoms with Crippen LogP contribution in [0.1, 0.15) is 15.9 Å². The SMILES string of the molecule is O=C(NCCc1ccc2[nH]c(=O)oc2c1)c1ccccc1Cl. The van der Waals surface area contributed by atoms with Crippen LogP contribution in [0.15, 0.2) is 51.7 Å². The van der Waals surface area contributed by atoms with Crippen LogP contribution in [0.4, 0.5) is 0 Å². The lowest BCUT2D eigenvalue weighted by molar-refractivity contribution is 0.0954. The van der Waals surface area contributed by atoms with Crippen molar-refractivity contribution in [3.63, 3.8) is 0 Å². The number of carbonyl (C=O) groups excluding carboxylic acids is 1. The third kappa shape index (κ3) is 3.04. The molecule has 0 saturated carbocycles. The van der Waals surface area contributed by atoms with Crippen molar-refractivity contribution in [3.8, 4) is 0 Å². The highest BCUT2D eigenvalue weighted by atomic mass is 35.5. The number of carbonyl (C=O) groups is 1. The fraction of sp³-hybridized carbons (Fsp3) is 0.125. The van der Waals surface area contributed by atoms with Gasteiger partial charge in [0.25, 0.3) is 5.91 Å². The van der Waals surface area contributed by atoms with E-state index in [1.807, 2.05) is 6.07 Å². The van der Waals surface area contributed by atoms with Crippen molar-refractivity contribution in [1.82, 2.24) is 10.3 Å². The van der Waals surface area contributed by atoms with Crippen LogP contribution in [-0.4, -0.2) is 17.4 Å². The summed E-state index contributed by atoms with van der Waals surface area (Å²) < 4.78 is 5.01. The Hall–Kier alpha value is -2.53. The van der Waals surface area contributed by atoms with Gasteiger partial charge in [0.2, 0.25) is 0 Å². The minimum Gasteiger partial charge on any atom is -0.408 e. The van der Waals surface area contributed by atoms with E-state index in [2.05, 4.69) is 10.3 Å². The summed E-state index contributed by atoms with van der Waals surface area (Å²) in [5.41, 5.74) is 2.60. The van der Waals surface area contributed by atoms with Crippen LogP contribution in [0.5, 0.6) is 0 Å². The largest absolute Gasteiger partial charge is 0.417 e. The fourth-order valence-corrected chi connectivity index (χ4v) is 2.43. The first-order chi connectivity index (χ1) is 10.6. The summed E-state index contributed by atoms with van der Waals surface area (Å²) in [4.78, 5) is 25.7. The van der Waals surface area contributed by atoms with Gasteiger partial charge in [-0.15, -0.1) is 0 Å². The molecular weight excluding hydrogens is 304 g/mol. The summed E-state index contributed by atoms with van der Waals surface area (Å²) in [6.07, 6.45) is 0.626. The predicted molar refractivity (Wildman–Crippen MR) is 84.3 cm³/mol. The summed E-state index contributed by atoms with van der Waals surface area (Å²) in [5, 5.41) is 3.24. The van der Waals surface area contributed by atoms with Gasteiger partial charge >= 0.3 is 5.76 Å². The van der Waals surface area contributed by atoms with E-state index in [0.29, 0.717) is 34.7 Å². The molecule has 2 aromatic carbocycles. The van der Waals surface area contributed by atoms with Gasteiger partial charge < -0.3 is 9.73 Å². The molecule has 3 aromatic rings. The Morgan fingerprint density at radius 3 is 2.86 bits per heavy atom. The molecule has 5 nitrogen and oxygen atoms in total. The molecule has 0 radical (unpaired) electrons. The van der Waals surface area contributed by atoms with Crippen LogP contribution in [0.2, 0.25) is 5.02 Å². The molecule has 0 atom stereocenters. The van der Waals surface area contributed by atoms with Crippen LogP contribution in [-0.2, 0) is 6.42 Å². The number of aromatic nitrogens is 1. The molecule has 1 aromatic heterocycles. The van der Waals surface area contributed by atoms with Crippen molar-refractivity contribution in [2.45, 2.75) is 6.42 Å². The number of oxazole rings is 1. The standard InChI is InChI=1S/C16H13ClN2O3/c17-12-4-2-1-3-11(12)15(20)18-8-7-10-5-6-13-14(9-10)22-16(21)19-13/h1-6,9H,7-8H2,(H,18,20)(H,19,21). The van der Waals surface area contributed by atoms with Gasteiger partial charge in [-0.05, 0) is 36.2 Å². The number of rotatable bonds is 4. The van der Waals surface area contributed by atoms with Gasteiger partial charge in [0.15, 0.2) is 5.58 Å². The van der Waals surface area contributed by atoms with E-state index in [1.54, 1.807) is 36.4 Å². The first-order valence-corrected chi connectivity index (χ1v) is 7.16. The van der Waals surface area contributed by atoms with E-state index in [9.17, 15) is 9.59 Å². The van der Waals surface area contributed by atoms with Crippen molar-refractivity contribution in [2.75, 3.05) is 6.54 Å². The number of nitrogens with one attached hydrogen (secondary N) is 2. The van der Waals surface area contributed by atoms with E-state index in [-0.39, 0.29) is 5.91 Å². The molecule has 0 spiro atoms. The number of fused-ring (bicyclic) bond motifs is 1. The minimum absolute atomic E-state index is 0.208. The maximum absolute atomic E-state index is 12.0. The molecule has 0 aliphatic rings. The van der Waals surface area contributed by atoms with Crippen LogP contribution in [0, 0.1) is 0 Å². The van der Waals surface area contributed by atoms with E-state index >= 15 is 0 Å². The number of amides is 1. The molecule has 0 aliphatic heterocycles. The molecule has 0 unspecified atom stereocenters. The van der Waals surface area contributed by atoms with Gasteiger partial charge in [0, 0.05) is 6.54 Å². The van der Waals surface area contributed by atoms with Crippen molar-refractivity contribution in [3.05, 3.63) is 69.2 Å². The van der Waals surface area contributed by atoms with E-state index in [1.165, 1.54) is 0 Å². The Balaban J connectivity index is 1.63. The molecule has 1 heterocycles. The van der Waals surface area contributed by atoms with Gasteiger partial charge in [0.05, 0.1) is 16.1 Å². The number of hydrogen-bond donors (Lipinski definition) is 2. The highest BCUT2D eigenvalue weighted by Gasteiger charge is 2.09. The second kappa shape index (κ2) is 6.07. The molecule has 6 heteroatoms. The first-order valence-electron chi connectivity index (χ1n) is 6.78. The van der Waals surface area contributed by atoms with Gasteiger partial charge in [-0.25, -0.2) is 4.79 Å². The predicted octanol–water partition coefficient (Wildman–Crippen LogP) is 2.75. The molecular formula is C16H13ClN2O3.